The Bertz CT molecular complexity index is 599. The van der Waals surface area contributed by atoms with Crippen LogP contribution in [0.3, 0.4) is 0 Å². The summed E-state index contributed by atoms with van der Waals surface area (Å²) in [5.74, 6) is 0. The molecule has 0 amide bonds. The third kappa shape index (κ3) is 2.88. The molecule has 1 aliphatic carbocycles. The number of nitrogens with one attached hydrogen (secondary N) is 1. The summed E-state index contributed by atoms with van der Waals surface area (Å²) in [7, 11) is 2.05. The molecule has 20 heavy (non-hydrogen) atoms. The van der Waals surface area contributed by atoms with Gasteiger partial charge in [-0.2, -0.15) is 0 Å². The van der Waals surface area contributed by atoms with Crippen LogP contribution in [0.4, 0.5) is 0 Å². The molecule has 0 aromatic heterocycles. The number of fused-ring (bicyclic) bond motifs is 1. The zero-order chi connectivity index (χ0) is 13.9. The van der Waals surface area contributed by atoms with Gasteiger partial charge < -0.3 is 5.32 Å². The van der Waals surface area contributed by atoms with Crippen molar-refractivity contribution in [3.05, 3.63) is 64.7 Å². The molecule has 104 valence electrons. The second kappa shape index (κ2) is 6.21. The Morgan fingerprint density at radius 1 is 1.15 bits per heavy atom. The monoisotopic (exact) mass is 303 g/mol. The summed E-state index contributed by atoms with van der Waals surface area (Å²) in [6.07, 6.45) is 2.35. The highest BCUT2D eigenvalue weighted by Gasteiger charge is 2.28. The smallest absolute Gasteiger partial charge is 0.0444 e. The lowest BCUT2D eigenvalue weighted by atomic mass is 9.87. The lowest BCUT2D eigenvalue weighted by molar-refractivity contribution is 0.510. The molecule has 0 bridgehead atoms. The Labute approximate surface area is 129 Å². The molecule has 3 heteroatoms. The summed E-state index contributed by atoms with van der Waals surface area (Å²) in [4.78, 5) is 1.25. The average molecular weight is 304 g/mol. The summed E-state index contributed by atoms with van der Waals surface area (Å²) >= 11 is 8.01. The second-order valence-corrected chi connectivity index (χ2v) is 6.87. The van der Waals surface area contributed by atoms with E-state index in [1.807, 2.05) is 23.9 Å². The molecule has 0 spiro atoms. The number of aryl methyl sites for hydroxylation is 1. The van der Waals surface area contributed by atoms with Gasteiger partial charge in [-0.3, -0.25) is 0 Å². The van der Waals surface area contributed by atoms with E-state index in [9.17, 15) is 0 Å². The van der Waals surface area contributed by atoms with Crippen molar-refractivity contribution in [1.29, 1.82) is 0 Å². The Morgan fingerprint density at radius 2 is 2.00 bits per heavy atom. The van der Waals surface area contributed by atoms with Crippen molar-refractivity contribution in [1.82, 2.24) is 5.32 Å². The summed E-state index contributed by atoms with van der Waals surface area (Å²) in [6.45, 7) is 0. The van der Waals surface area contributed by atoms with E-state index in [1.165, 1.54) is 22.4 Å². The Kier molecular flexibility index (Phi) is 4.35. The zero-order valence-electron chi connectivity index (χ0n) is 11.5. The topological polar surface area (TPSA) is 12.0 Å². The Balaban J connectivity index is 1.84. The summed E-state index contributed by atoms with van der Waals surface area (Å²) < 4.78 is 0. The fourth-order valence-electron chi connectivity index (χ4n) is 2.91. The van der Waals surface area contributed by atoms with Crippen molar-refractivity contribution in [2.45, 2.75) is 29.0 Å². The van der Waals surface area contributed by atoms with Crippen LogP contribution in [0.15, 0.2) is 53.4 Å². The number of halogens is 1. The van der Waals surface area contributed by atoms with Crippen LogP contribution in [0.2, 0.25) is 5.02 Å². The molecule has 2 aromatic rings. The molecule has 2 atom stereocenters. The van der Waals surface area contributed by atoms with E-state index >= 15 is 0 Å². The minimum absolute atomic E-state index is 0.406. The van der Waals surface area contributed by atoms with E-state index in [0.717, 1.165) is 11.4 Å². The van der Waals surface area contributed by atoms with Gasteiger partial charge in [-0.05, 0) is 49.2 Å². The highest BCUT2D eigenvalue weighted by Crippen LogP contribution is 2.40. The highest BCUT2D eigenvalue weighted by molar-refractivity contribution is 8.00. The van der Waals surface area contributed by atoms with Crippen LogP contribution in [0.5, 0.6) is 0 Å². The molecule has 0 aliphatic heterocycles. The average Bonchev–Trinajstić information content (AvgIpc) is 2.47. The first-order valence-electron chi connectivity index (χ1n) is 6.95. The van der Waals surface area contributed by atoms with Gasteiger partial charge in [0.05, 0.1) is 0 Å². The minimum atomic E-state index is 0.406. The molecule has 2 unspecified atom stereocenters. The maximum absolute atomic E-state index is 6.08. The van der Waals surface area contributed by atoms with E-state index in [4.69, 9.17) is 11.6 Å². The van der Waals surface area contributed by atoms with Crippen LogP contribution in [0, 0.1) is 0 Å². The molecular weight excluding hydrogens is 286 g/mol. The molecule has 0 saturated carbocycles. The van der Waals surface area contributed by atoms with Crippen LogP contribution >= 0.6 is 23.4 Å². The third-order valence-electron chi connectivity index (χ3n) is 3.85. The molecule has 3 rings (SSSR count). The maximum Gasteiger partial charge on any atom is 0.0444 e. The van der Waals surface area contributed by atoms with Crippen LogP contribution in [0.1, 0.15) is 23.6 Å². The normalized spacial score (nSPS) is 21.5. The minimum Gasteiger partial charge on any atom is -0.312 e. The van der Waals surface area contributed by atoms with Crippen molar-refractivity contribution in [2.75, 3.05) is 7.05 Å². The van der Waals surface area contributed by atoms with E-state index in [2.05, 4.69) is 48.8 Å². The number of thioether (sulfide) groups is 1. The lowest BCUT2D eigenvalue weighted by Gasteiger charge is -2.33. The van der Waals surface area contributed by atoms with Gasteiger partial charge in [0.15, 0.2) is 0 Å². The molecule has 0 saturated heterocycles. The Morgan fingerprint density at radius 3 is 2.80 bits per heavy atom. The zero-order valence-corrected chi connectivity index (χ0v) is 13.0. The summed E-state index contributed by atoms with van der Waals surface area (Å²) in [5, 5.41) is 4.85. The van der Waals surface area contributed by atoms with Gasteiger partial charge >= 0.3 is 0 Å². The summed E-state index contributed by atoms with van der Waals surface area (Å²) in [5.41, 5.74) is 2.93. The molecular formula is C17H18ClNS. The lowest BCUT2D eigenvalue weighted by Crippen LogP contribution is -2.32. The van der Waals surface area contributed by atoms with E-state index in [0.29, 0.717) is 11.3 Å². The first kappa shape index (κ1) is 14.0. The first-order chi connectivity index (χ1) is 9.78. The van der Waals surface area contributed by atoms with Crippen molar-refractivity contribution in [3.8, 4) is 0 Å². The second-order valence-electron chi connectivity index (χ2n) is 5.12. The van der Waals surface area contributed by atoms with Gasteiger partial charge in [0.2, 0.25) is 0 Å². The molecule has 1 aliphatic rings. The fourth-order valence-corrected chi connectivity index (χ4v) is 4.52. The van der Waals surface area contributed by atoms with Gasteiger partial charge in [-0.15, -0.1) is 11.8 Å². The standard InChI is InChI=1S/C17H18ClNS/c1-19-17-15-8-3-2-5-12(15)9-10-16(17)20-14-7-4-6-13(18)11-14/h2-8,11,16-17,19H,9-10H2,1H3. The molecule has 0 radical (unpaired) electrons. The quantitative estimate of drug-likeness (QED) is 0.881. The van der Waals surface area contributed by atoms with Crippen molar-refractivity contribution < 1.29 is 0 Å². The van der Waals surface area contributed by atoms with Crippen molar-refractivity contribution in [3.63, 3.8) is 0 Å². The largest absolute Gasteiger partial charge is 0.312 e. The number of rotatable bonds is 3. The van der Waals surface area contributed by atoms with E-state index < -0.39 is 0 Å². The van der Waals surface area contributed by atoms with Crippen LogP contribution in [-0.4, -0.2) is 12.3 Å². The molecule has 0 heterocycles. The van der Waals surface area contributed by atoms with E-state index in [1.54, 1.807) is 0 Å². The van der Waals surface area contributed by atoms with Crippen LogP contribution < -0.4 is 5.32 Å². The van der Waals surface area contributed by atoms with Gasteiger partial charge in [0.25, 0.3) is 0 Å². The summed E-state index contributed by atoms with van der Waals surface area (Å²) in [6, 6.07) is 17.3. The molecule has 1 N–H and O–H groups in total. The third-order valence-corrected chi connectivity index (χ3v) is 5.43. The van der Waals surface area contributed by atoms with Crippen LogP contribution in [0.25, 0.3) is 0 Å². The molecule has 1 nitrogen and oxygen atoms in total. The predicted octanol–water partition coefficient (Wildman–Crippen LogP) is 4.71. The maximum atomic E-state index is 6.08. The van der Waals surface area contributed by atoms with Gasteiger partial charge in [0.1, 0.15) is 0 Å². The van der Waals surface area contributed by atoms with Crippen molar-refractivity contribution >= 4 is 23.4 Å². The number of hydrogen-bond donors (Lipinski definition) is 1. The van der Waals surface area contributed by atoms with Gasteiger partial charge in [0, 0.05) is 21.2 Å². The van der Waals surface area contributed by atoms with Crippen LogP contribution in [-0.2, 0) is 6.42 Å². The van der Waals surface area contributed by atoms with Gasteiger partial charge in [-0.1, -0.05) is 41.9 Å². The molecule has 2 aromatic carbocycles. The van der Waals surface area contributed by atoms with E-state index in [-0.39, 0.29) is 0 Å². The molecule has 0 fully saturated rings. The van der Waals surface area contributed by atoms with Gasteiger partial charge in [-0.25, -0.2) is 0 Å². The fraction of sp³-hybridized carbons (Fsp3) is 0.294. The first-order valence-corrected chi connectivity index (χ1v) is 8.21. The van der Waals surface area contributed by atoms with Crippen molar-refractivity contribution in [2.24, 2.45) is 0 Å². The SMILES string of the molecule is CNC1c2ccccc2CCC1Sc1cccc(Cl)c1. The Hall–Kier alpha value is -0.960. The highest BCUT2D eigenvalue weighted by atomic mass is 35.5. The number of hydrogen-bond acceptors (Lipinski definition) is 2. The number of benzene rings is 2. The predicted molar refractivity (Wildman–Crippen MR) is 87.7 cm³/mol.